The van der Waals surface area contributed by atoms with E-state index in [1.54, 1.807) is 6.92 Å². The van der Waals surface area contributed by atoms with Crippen LogP contribution >= 0.6 is 0 Å². The zero-order valence-corrected chi connectivity index (χ0v) is 13.6. The van der Waals surface area contributed by atoms with Gasteiger partial charge < -0.3 is 9.84 Å². The van der Waals surface area contributed by atoms with E-state index >= 15 is 0 Å². The van der Waals surface area contributed by atoms with Crippen molar-refractivity contribution in [2.24, 2.45) is 0 Å². The molecule has 0 atom stereocenters. The van der Waals surface area contributed by atoms with Crippen LogP contribution in [0.15, 0.2) is 54.6 Å². The first kappa shape index (κ1) is 17.0. The van der Waals surface area contributed by atoms with Crippen LogP contribution in [0.25, 0.3) is 11.1 Å². The van der Waals surface area contributed by atoms with E-state index in [0.717, 1.165) is 22.3 Å². The fraction of sp³-hybridized carbons (Fsp3) is 0.250. The molecular formula is C20H22O3. The minimum absolute atomic E-state index is 0.0921. The number of esters is 1. The summed E-state index contributed by atoms with van der Waals surface area (Å²) >= 11 is 0. The number of aliphatic hydroxyl groups excluding tert-OH is 1. The minimum atomic E-state index is -0.396. The number of hydrogen-bond acceptors (Lipinski definition) is 3. The normalized spacial score (nSPS) is 10.4. The molecule has 0 unspecified atom stereocenters. The first-order chi connectivity index (χ1) is 11.0. The molecular weight excluding hydrogens is 288 g/mol. The summed E-state index contributed by atoms with van der Waals surface area (Å²) in [6.07, 6.45) is 0.579. The van der Waals surface area contributed by atoms with Crippen molar-refractivity contribution in [3.05, 3.63) is 71.3 Å². The molecule has 0 spiro atoms. The average Bonchev–Trinajstić information content (AvgIpc) is 2.54. The van der Waals surface area contributed by atoms with Gasteiger partial charge in [-0.3, -0.25) is 0 Å². The monoisotopic (exact) mass is 310 g/mol. The lowest BCUT2D eigenvalue weighted by atomic mass is 9.96. The van der Waals surface area contributed by atoms with Crippen molar-refractivity contribution in [1.29, 1.82) is 0 Å². The Bertz CT molecular complexity index is 699. The fourth-order valence-corrected chi connectivity index (χ4v) is 2.33. The van der Waals surface area contributed by atoms with E-state index in [1.807, 2.05) is 25.1 Å². The lowest BCUT2D eigenvalue weighted by molar-refractivity contribution is -0.140. The highest BCUT2D eigenvalue weighted by Crippen LogP contribution is 2.26. The summed E-state index contributed by atoms with van der Waals surface area (Å²) < 4.78 is 5.31. The molecule has 0 aromatic heterocycles. The molecule has 0 aliphatic heterocycles. The molecule has 0 saturated carbocycles. The van der Waals surface area contributed by atoms with E-state index in [1.165, 1.54) is 5.56 Å². The van der Waals surface area contributed by atoms with E-state index in [-0.39, 0.29) is 13.2 Å². The summed E-state index contributed by atoms with van der Waals surface area (Å²) in [6.45, 7) is 7.55. The number of carbonyl (C=O) groups is 1. The van der Waals surface area contributed by atoms with Gasteiger partial charge in [0, 0.05) is 12.2 Å². The number of hydrogen-bond donors (Lipinski definition) is 1. The Morgan fingerprint density at radius 2 is 1.87 bits per heavy atom. The van der Waals surface area contributed by atoms with Crippen molar-refractivity contribution in [2.75, 3.05) is 6.61 Å². The average molecular weight is 310 g/mol. The first-order valence-corrected chi connectivity index (χ1v) is 7.63. The van der Waals surface area contributed by atoms with Crippen LogP contribution in [0.4, 0.5) is 0 Å². The molecule has 1 N–H and O–H groups in total. The molecule has 3 heteroatoms. The van der Waals surface area contributed by atoms with Crippen molar-refractivity contribution in [3.63, 3.8) is 0 Å². The Kier molecular flexibility index (Phi) is 5.72. The molecule has 120 valence electrons. The highest BCUT2D eigenvalue weighted by atomic mass is 16.5. The number of benzene rings is 2. The molecule has 3 nitrogen and oxygen atoms in total. The second-order valence-corrected chi connectivity index (χ2v) is 5.69. The van der Waals surface area contributed by atoms with E-state index in [2.05, 4.69) is 30.8 Å². The van der Waals surface area contributed by atoms with Crippen LogP contribution in [-0.4, -0.2) is 17.7 Å². The Balaban J connectivity index is 2.34. The molecule has 2 aromatic carbocycles. The van der Waals surface area contributed by atoms with Crippen LogP contribution in [-0.2, 0) is 22.6 Å². The molecule has 0 aliphatic rings. The lowest BCUT2D eigenvalue weighted by Gasteiger charge is -2.13. The van der Waals surface area contributed by atoms with Crippen molar-refractivity contribution >= 4 is 5.97 Å². The van der Waals surface area contributed by atoms with Crippen molar-refractivity contribution in [1.82, 2.24) is 0 Å². The van der Waals surface area contributed by atoms with Gasteiger partial charge in [-0.05, 0) is 42.5 Å². The van der Waals surface area contributed by atoms with Crippen molar-refractivity contribution < 1.29 is 14.6 Å². The Hall–Kier alpha value is -2.39. The number of aryl methyl sites for hydroxylation is 1. The summed E-state index contributed by atoms with van der Waals surface area (Å²) in [5, 5.41) is 9.12. The molecule has 0 fully saturated rings. The minimum Gasteiger partial charge on any atom is -0.457 e. The lowest BCUT2D eigenvalue weighted by Crippen LogP contribution is -2.06. The SMILES string of the molecule is C=C(C)C(=O)OCc1cc(CCO)ccc1-c1ccc(C)cc1. The first-order valence-electron chi connectivity index (χ1n) is 7.63. The van der Waals surface area contributed by atoms with E-state index < -0.39 is 5.97 Å². The molecule has 0 amide bonds. The van der Waals surface area contributed by atoms with Crippen molar-refractivity contribution in [3.8, 4) is 11.1 Å². The number of carbonyl (C=O) groups excluding carboxylic acids is 1. The molecule has 2 rings (SSSR count). The van der Waals surface area contributed by atoms with Gasteiger partial charge in [0.25, 0.3) is 0 Å². The van der Waals surface area contributed by atoms with Gasteiger partial charge in [-0.15, -0.1) is 0 Å². The van der Waals surface area contributed by atoms with Gasteiger partial charge in [0.1, 0.15) is 6.61 Å². The van der Waals surface area contributed by atoms with Gasteiger partial charge in [0.2, 0.25) is 0 Å². The van der Waals surface area contributed by atoms with Gasteiger partial charge >= 0.3 is 5.97 Å². The maximum absolute atomic E-state index is 11.7. The number of ether oxygens (including phenoxy) is 1. The van der Waals surface area contributed by atoms with Gasteiger partial charge in [0.05, 0.1) is 0 Å². The summed E-state index contributed by atoms with van der Waals surface area (Å²) in [4.78, 5) is 11.7. The molecule has 0 heterocycles. The summed E-state index contributed by atoms with van der Waals surface area (Å²) in [6, 6.07) is 14.2. The smallest absolute Gasteiger partial charge is 0.333 e. The van der Waals surface area contributed by atoms with Gasteiger partial charge in [-0.2, -0.15) is 0 Å². The fourth-order valence-electron chi connectivity index (χ4n) is 2.33. The molecule has 0 radical (unpaired) electrons. The largest absolute Gasteiger partial charge is 0.457 e. The summed E-state index contributed by atoms with van der Waals surface area (Å²) in [5.41, 5.74) is 5.63. The predicted molar refractivity (Wildman–Crippen MR) is 92.0 cm³/mol. The molecule has 0 bridgehead atoms. The second-order valence-electron chi connectivity index (χ2n) is 5.69. The van der Waals surface area contributed by atoms with Crippen LogP contribution in [0, 0.1) is 6.92 Å². The zero-order valence-electron chi connectivity index (χ0n) is 13.6. The highest BCUT2D eigenvalue weighted by molar-refractivity contribution is 5.87. The zero-order chi connectivity index (χ0) is 16.8. The van der Waals surface area contributed by atoms with E-state index in [9.17, 15) is 4.79 Å². The Morgan fingerprint density at radius 3 is 2.48 bits per heavy atom. The Morgan fingerprint density at radius 1 is 1.17 bits per heavy atom. The Labute approximate surface area is 137 Å². The van der Waals surface area contributed by atoms with E-state index in [0.29, 0.717) is 12.0 Å². The van der Waals surface area contributed by atoms with Crippen LogP contribution in [0.3, 0.4) is 0 Å². The quantitative estimate of drug-likeness (QED) is 0.652. The standard InChI is InChI=1S/C20H22O3/c1-14(2)20(22)23-13-18-12-16(10-11-21)6-9-19(18)17-7-4-15(3)5-8-17/h4-9,12,21H,1,10-11,13H2,2-3H3. The van der Waals surface area contributed by atoms with Crippen LogP contribution in [0.5, 0.6) is 0 Å². The van der Waals surface area contributed by atoms with Crippen LogP contribution in [0.2, 0.25) is 0 Å². The van der Waals surface area contributed by atoms with Gasteiger partial charge in [-0.1, -0.05) is 54.6 Å². The molecule has 23 heavy (non-hydrogen) atoms. The predicted octanol–water partition coefficient (Wildman–Crippen LogP) is 3.82. The maximum atomic E-state index is 11.7. The van der Waals surface area contributed by atoms with Crippen LogP contribution in [0.1, 0.15) is 23.6 Å². The molecule has 2 aromatic rings. The summed E-state index contributed by atoms with van der Waals surface area (Å²) in [5.74, 6) is -0.396. The maximum Gasteiger partial charge on any atom is 0.333 e. The van der Waals surface area contributed by atoms with E-state index in [4.69, 9.17) is 9.84 Å². The van der Waals surface area contributed by atoms with Crippen LogP contribution < -0.4 is 0 Å². The van der Waals surface area contributed by atoms with Gasteiger partial charge in [0.15, 0.2) is 0 Å². The second kappa shape index (κ2) is 7.75. The molecule has 0 aliphatic carbocycles. The van der Waals surface area contributed by atoms with Gasteiger partial charge in [-0.25, -0.2) is 4.79 Å². The van der Waals surface area contributed by atoms with Crippen molar-refractivity contribution in [2.45, 2.75) is 26.9 Å². The number of rotatable bonds is 6. The topological polar surface area (TPSA) is 46.5 Å². The highest BCUT2D eigenvalue weighted by Gasteiger charge is 2.10. The number of aliphatic hydroxyl groups is 1. The third-order valence-corrected chi connectivity index (χ3v) is 3.64. The third-order valence-electron chi connectivity index (χ3n) is 3.64. The third kappa shape index (κ3) is 4.54. The molecule has 0 saturated heterocycles. The summed E-state index contributed by atoms with van der Waals surface area (Å²) in [7, 11) is 0.